The Bertz CT molecular complexity index is 764. The molecule has 148 valence electrons. The van der Waals surface area contributed by atoms with Gasteiger partial charge in [0.15, 0.2) is 5.78 Å². The highest BCUT2D eigenvalue weighted by Gasteiger charge is 2.23. The van der Waals surface area contributed by atoms with Crippen LogP contribution in [-0.4, -0.2) is 45.9 Å². The minimum absolute atomic E-state index is 0.0752. The summed E-state index contributed by atoms with van der Waals surface area (Å²) in [6.45, 7) is 1.37. The van der Waals surface area contributed by atoms with Crippen LogP contribution in [0, 0.1) is 0 Å². The number of nitrogens with two attached hydrogens (primary N) is 1. The number of carboxylic acid groups (broad SMARTS) is 2. The van der Waals surface area contributed by atoms with E-state index in [1.54, 1.807) is 0 Å². The second kappa shape index (κ2) is 11.2. The second-order valence-corrected chi connectivity index (χ2v) is 5.85. The molecule has 8 heteroatoms. The van der Waals surface area contributed by atoms with Crippen molar-refractivity contribution < 1.29 is 29.4 Å². The van der Waals surface area contributed by atoms with Gasteiger partial charge in [0.05, 0.1) is 12.5 Å². The number of carboxylic acids is 2. The Hall–Kier alpha value is -3.52. The molecule has 2 rings (SSSR count). The van der Waals surface area contributed by atoms with E-state index in [1.807, 2.05) is 66.0 Å². The maximum absolute atomic E-state index is 11.8. The molecule has 28 heavy (non-hydrogen) atoms. The van der Waals surface area contributed by atoms with Crippen molar-refractivity contribution in [2.24, 2.45) is 5.73 Å². The van der Waals surface area contributed by atoms with E-state index in [9.17, 15) is 19.2 Å². The molecule has 0 fully saturated rings. The molecule has 0 aliphatic heterocycles. The highest BCUT2D eigenvalue weighted by atomic mass is 16.4. The average molecular weight is 386 g/mol. The van der Waals surface area contributed by atoms with Crippen LogP contribution in [0.4, 0.5) is 0 Å². The number of rotatable bonds is 7. The molecule has 2 aromatic rings. The van der Waals surface area contributed by atoms with Crippen LogP contribution >= 0.6 is 0 Å². The van der Waals surface area contributed by atoms with Crippen molar-refractivity contribution in [3.63, 3.8) is 0 Å². The molecule has 2 atom stereocenters. The zero-order valence-electron chi connectivity index (χ0n) is 15.2. The maximum Gasteiger partial charge on any atom is 0.326 e. The lowest BCUT2D eigenvalue weighted by Gasteiger charge is -2.13. The van der Waals surface area contributed by atoms with Gasteiger partial charge < -0.3 is 21.3 Å². The van der Waals surface area contributed by atoms with Crippen LogP contribution in [0.1, 0.15) is 29.3 Å². The van der Waals surface area contributed by atoms with E-state index in [-0.39, 0.29) is 5.78 Å². The lowest BCUT2D eigenvalue weighted by atomic mass is 10.0. The number of carbonyl (C=O) groups is 4. The van der Waals surface area contributed by atoms with Gasteiger partial charge in [0.1, 0.15) is 6.04 Å². The smallest absolute Gasteiger partial charge is 0.326 e. The standard InChI is InChI=1S/C13H10O.C7H12N2O5/c14-13(11-7-3-1-4-8-11)12-9-5-2-6-10-12;1-3(8)6(12)9-4(7(13)14)2-5(10)11/h1-10H;3-4H,2,8H2,1H3,(H,9,12)(H,10,11)(H,13,14). The number of benzene rings is 2. The molecule has 0 saturated heterocycles. The minimum Gasteiger partial charge on any atom is -0.481 e. The lowest BCUT2D eigenvalue weighted by molar-refractivity contribution is -0.147. The molecule has 0 aromatic heterocycles. The SMILES string of the molecule is CC(N)C(=O)NC(CC(=O)O)C(=O)O.O=C(c1ccccc1)c1ccccc1. The highest BCUT2D eigenvalue weighted by Crippen LogP contribution is 2.08. The summed E-state index contributed by atoms with van der Waals surface area (Å²) in [5.41, 5.74) is 6.63. The van der Waals surface area contributed by atoms with E-state index >= 15 is 0 Å². The van der Waals surface area contributed by atoms with Gasteiger partial charge in [0, 0.05) is 11.1 Å². The van der Waals surface area contributed by atoms with E-state index in [0.29, 0.717) is 0 Å². The molecular formula is C20H22N2O6. The number of amides is 1. The first-order chi connectivity index (χ1) is 13.2. The Morgan fingerprint density at radius 2 is 1.32 bits per heavy atom. The van der Waals surface area contributed by atoms with Gasteiger partial charge in [-0.15, -0.1) is 0 Å². The Kier molecular flexibility index (Phi) is 9.05. The van der Waals surface area contributed by atoms with E-state index in [1.165, 1.54) is 6.92 Å². The Labute approximate surface area is 162 Å². The zero-order chi connectivity index (χ0) is 21.1. The summed E-state index contributed by atoms with van der Waals surface area (Å²) in [6, 6.07) is 16.3. The van der Waals surface area contributed by atoms with Gasteiger partial charge in [-0.3, -0.25) is 14.4 Å². The second-order valence-electron chi connectivity index (χ2n) is 5.85. The van der Waals surface area contributed by atoms with Crippen LogP contribution in [0.25, 0.3) is 0 Å². The van der Waals surface area contributed by atoms with E-state index in [0.717, 1.165) is 11.1 Å². The fourth-order valence-electron chi connectivity index (χ4n) is 2.02. The predicted molar refractivity (Wildman–Crippen MR) is 102 cm³/mol. The highest BCUT2D eigenvalue weighted by molar-refractivity contribution is 6.08. The van der Waals surface area contributed by atoms with E-state index in [4.69, 9.17) is 15.9 Å². The molecule has 0 heterocycles. The molecule has 0 radical (unpaired) electrons. The van der Waals surface area contributed by atoms with Crippen molar-refractivity contribution in [2.75, 3.05) is 0 Å². The molecule has 0 spiro atoms. The molecule has 8 nitrogen and oxygen atoms in total. The van der Waals surface area contributed by atoms with Crippen LogP contribution in [0.2, 0.25) is 0 Å². The zero-order valence-corrected chi connectivity index (χ0v) is 15.2. The van der Waals surface area contributed by atoms with Crippen LogP contribution in [0.5, 0.6) is 0 Å². The Balaban J connectivity index is 0.000000280. The normalized spacial score (nSPS) is 11.9. The van der Waals surface area contributed by atoms with E-state index < -0.39 is 36.4 Å². The molecule has 0 aliphatic rings. The quantitative estimate of drug-likeness (QED) is 0.524. The first-order valence-electron chi connectivity index (χ1n) is 8.37. The Morgan fingerprint density at radius 3 is 1.64 bits per heavy atom. The van der Waals surface area contributed by atoms with Gasteiger partial charge in [0.2, 0.25) is 5.91 Å². The molecular weight excluding hydrogens is 364 g/mol. The Morgan fingerprint density at radius 1 is 0.893 bits per heavy atom. The van der Waals surface area contributed by atoms with Crippen molar-refractivity contribution >= 4 is 23.6 Å². The first-order valence-corrected chi connectivity index (χ1v) is 8.37. The lowest BCUT2D eigenvalue weighted by Crippen LogP contribution is -2.48. The molecule has 0 saturated carbocycles. The maximum atomic E-state index is 11.8. The number of nitrogens with one attached hydrogen (secondary N) is 1. The fraction of sp³-hybridized carbons (Fsp3) is 0.200. The number of aliphatic carboxylic acids is 2. The monoisotopic (exact) mass is 386 g/mol. The third-order valence-corrected chi connectivity index (χ3v) is 3.48. The minimum atomic E-state index is -1.44. The molecule has 2 unspecified atom stereocenters. The molecule has 2 aromatic carbocycles. The third-order valence-electron chi connectivity index (χ3n) is 3.48. The van der Waals surface area contributed by atoms with Crippen LogP contribution < -0.4 is 11.1 Å². The largest absolute Gasteiger partial charge is 0.481 e. The summed E-state index contributed by atoms with van der Waals surface area (Å²) < 4.78 is 0. The fourth-order valence-corrected chi connectivity index (χ4v) is 2.02. The van der Waals surface area contributed by atoms with Crippen LogP contribution in [0.3, 0.4) is 0 Å². The van der Waals surface area contributed by atoms with Gasteiger partial charge in [-0.2, -0.15) is 0 Å². The van der Waals surface area contributed by atoms with Crippen LogP contribution in [0.15, 0.2) is 60.7 Å². The topological polar surface area (TPSA) is 147 Å². The van der Waals surface area contributed by atoms with Crippen molar-refractivity contribution in [3.05, 3.63) is 71.8 Å². The predicted octanol–water partition coefficient (Wildman–Crippen LogP) is 1.30. The molecule has 5 N–H and O–H groups in total. The van der Waals surface area contributed by atoms with E-state index in [2.05, 4.69) is 0 Å². The number of hydrogen-bond acceptors (Lipinski definition) is 5. The van der Waals surface area contributed by atoms with Gasteiger partial charge in [0.25, 0.3) is 0 Å². The summed E-state index contributed by atoms with van der Waals surface area (Å²) >= 11 is 0. The summed E-state index contributed by atoms with van der Waals surface area (Å²) in [5.74, 6) is -3.33. The summed E-state index contributed by atoms with van der Waals surface area (Å²) in [6.07, 6.45) is -0.673. The number of hydrogen-bond donors (Lipinski definition) is 4. The van der Waals surface area contributed by atoms with Crippen molar-refractivity contribution in [3.8, 4) is 0 Å². The molecule has 0 bridgehead atoms. The van der Waals surface area contributed by atoms with Gasteiger partial charge in [-0.05, 0) is 6.92 Å². The van der Waals surface area contributed by atoms with Gasteiger partial charge in [-0.25, -0.2) is 4.79 Å². The molecule has 0 aliphatic carbocycles. The number of ketones is 1. The van der Waals surface area contributed by atoms with Crippen molar-refractivity contribution in [1.29, 1.82) is 0 Å². The van der Waals surface area contributed by atoms with Crippen molar-refractivity contribution in [2.45, 2.75) is 25.4 Å². The summed E-state index contributed by atoms with van der Waals surface area (Å²) in [7, 11) is 0. The third kappa shape index (κ3) is 7.79. The van der Waals surface area contributed by atoms with Gasteiger partial charge in [-0.1, -0.05) is 60.7 Å². The summed E-state index contributed by atoms with van der Waals surface area (Å²) in [5, 5.41) is 18.9. The van der Waals surface area contributed by atoms with Crippen molar-refractivity contribution in [1.82, 2.24) is 5.32 Å². The number of carbonyl (C=O) groups excluding carboxylic acids is 2. The van der Waals surface area contributed by atoms with Gasteiger partial charge >= 0.3 is 11.9 Å². The molecule has 1 amide bonds. The van der Waals surface area contributed by atoms with Crippen LogP contribution in [-0.2, 0) is 14.4 Å². The average Bonchev–Trinajstić information content (AvgIpc) is 2.68. The first kappa shape index (κ1) is 22.5. The summed E-state index contributed by atoms with van der Waals surface area (Å²) in [4.78, 5) is 43.5.